The summed E-state index contributed by atoms with van der Waals surface area (Å²) in [5, 5.41) is 30.5. The molecule has 0 amide bonds. The number of aliphatic hydroxyl groups is 3. The molecule has 0 bridgehead atoms. The Balaban J connectivity index is 1.83. The van der Waals surface area contributed by atoms with E-state index >= 15 is 0 Å². The number of hydrogen-bond donors (Lipinski definition) is 5. The molecule has 6 atom stereocenters. The van der Waals surface area contributed by atoms with Crippen molar-refractivity contribution in [3.05, 3.63) is 71.8 Å². The third-order valence-corrected chi connectivity index (χ3v) is 5.07. The molecule has 2 aromatic carbocycles. The molecule has 2 rings (SSSR count). The zero-order valence-electron chi connectivity index (χ0n) is 18.5. The molecule has 0 saturated heterocycles. The smallest absolute Gasteiger partial charge is 0.324 e. The lowest BCUT2D eigenvalue weighted by Gasteiger charge is -2.27. The number of hydrogen-bond acceptors (Lipinski definition) is 10. The molecule has 0 radical (unpaired) electrons. The topological polar surface area (TPSA) is 182 Å². The van der Waals surface area contributed by atoms with Crippen molar-refractivity contribution in [2.24, 2.45) is 11.5 Å². The van der Waals surface area contributed by atoms with Crippen LogP contribution >= 0.6 is 0 Å². The number of ether oxygens (including phenoxy) is 2. The minimum atomic E-state index is -1.99. The first kappa shape index (κ1) is 27.1. The molecule has 10 nitrogen and oxygen atoms in total. The largest absolute Gasteiger partial charge is 0.462 e. The van der Waals surface area contributed by atoms with Gasteiger partial charge in [-0.05, 0) is 24.0 Å². The average molecular weight is 475 g/mol. The Labute approximate surface area is 197 Å². The number of carbonyl (C=O) groups excluding carboxylic acids is 3. The minimum absolute atomic E-state index is 0.107. The van der Waals surface area contributed by atoms with Gasteiger partial charge in [0.25, 0.3) is 0 Å². The number of carbonyl (C=O) groups is 3. The van der Waals surface area contributed by atoms with Crippen molar-refractivity contribution >= 4 is 18.2 Å². The minimum Gasteiger partial charge on any atom is -0.462 e. The maximum atomic E-state index is 12.2. The van der Waals surface area contributed by atoms with Crippen LogP contribution in [0.15, 0.2) is 60.7 Å². The third-order valence-electron chi connectivity index (χ3n) is 5.07. The molecule has 0 unspecified atom stereocenters. The van der Waals surface area contributed by atoms with Gasteiger partial charge in [-0.3, -0.25) is 14.4 Å². The van der Waals surface area contributed by atoms with E-state index in [0.717, 1.165) is 11.1 Å². The summed E-state index contributed by atoms with van der Waals surface area (Å²) in [4.78, 5) is 35.6. The molecule has 0 fully saturated rings. The number of benzene rings is 2. The quantitative estimate of drug-likeness (QED) is 0.176. The molecule has 0 aliphatic rings. The van der Waals surface area contributed by atoms with E-state index in [1.807, 2.05) is 6.07 Å². The first-order chi connectivity index (χ1) is 16.2. The van der Waals surface area contributed by atoms with E-state index in [4.69, 9.17) is 20.9 Å². The van der Waals surface area contributed by atoms with E-state index in [2.05, 4.69) is 0 Å². The van der Waals surface area contributed by atoms with Gasteiger partial charge in [-0.2, -0.15) is 0 Å². The second-order valence-electron chi connectivity index (χ2n) is 7.81. The van der Waals surface area contributed by atoms with E-state index in [-0.39, 0.29) is 19.1 Å². The summed E-state index contributed by atoms with van der Waals surface area (Å²) in [6.07, 6.45) is -7.09. The van der Waals surface area contributed by atoms with E-state index in [1.54, 1.807) is 54.6 Å². The molecule has 7 N–H and O–H groups in total. The van der Waals surface area contributed by atoms with Crippen LogP contribution in [0.3, 0.4) is 0 Å². The highest BCUT2D eigenvalue weighted by molar-refractivity contribution is 5.78. The summed E-state index contributed by atoms with van der Waals surface area (Å²) >= 11 is 0. The lowest BCUT2D eigenvalue weighted by atomic mass is 10.0. The van der Waals surface area contributed by atoms with Gasteiger partial charge in [-0.25, -0.2) is 0 Å². The van der Waals surface area contributed by atoms with Crippen molar-refractivity contribution < 1.29 is 39.2 Å². The summed E-state index contributed by atoms with van der Waals surface area (Å²) in [5.41, 5.74) is 13.2. The maximum Gasteiger partial charge on any atom is 0.324 e. The number of aldehydes is 1. The third kappa shape index (κ3) is 8.32. The Morgan fingerprint density at radius 1 is 0.794 bits per heavy atom. The van der Waals surface area contributed by atoms with Crippen LogP contribution in [-0.2, 0) is 36.7 Å². The predicted octanol–water partition coefficient (Wildman–Crippen LogP) is -1.14. The van der Waals surface area contributed by atoms with E-state index in [9.17, 15) is 29.7 Å². The molecule has 0 heterocycles. The predicted molar refractivity (Wildman–Crippen MR) is 121 cm³/mol. The molecule has 0 spiro atoms. The van der Waals surface area contributed by atoms with E-state index < -0.39 is 55.0 Å². The highest BCUT2D eigenvalue weighted by Gasteiger charge is 2.35. The SMILES string of the molecule is N[C@@H](Cc1ccccc1)C(=O)OC[C@@H](O)[C@@H](O)[C@H](O)[C@H](C=O)OC(=O)[C@@H](N)Cc1ccccc1. The molecular formula is C24H30N2O8. The Hall–Kier alpha value is -3.15. The highest BCUT2D eigenvalue weighted by Crippen LogP contribution is 2.11. The Bertz CT molecular complexity index is 912. The first-order valence-corrected chi connectivity index (χ1v) is 10.7. The lowest BCUT2D eigenvalue weighted by molar-refractivity contribution is -0.171. The highest BCUT2D eigenvalue weighted by atomic mass is 16.6. The van der Waals surface area contributed by atoms with Crippen molar-refractivity contribution in [2.45, 2.75) is 49.3 Å². The van der Waals surface area contributed by atoms with Crippen LogP contribution < -0.4 is 11.5 Å². The summed E-state index contributed by atoms with van der Waals surface area (Å²) < 4.78 is 9.82. The fraction of sp³-hybridized carbons (Fsp3) is 0.375. The van der Waals surface area contributed by atoms with Crippen molar-refractivity contribution in [1.29, 1.82) is 0 Å². The standard InChI is InChI=1S/C24H30N2O8/c25-17(11-15-7-3-1-4-8-15)23(31)33-14-19(28)21(29)22(30)20(13-27)34-24(32)18(26)12-16-9-5-2-6-10-16/h1-10,13,17-22,28-30H,11-12,14,25-26H2/t17-,18-,19+,20-,21+,22+/m0/s1. The Morgan fingerprint density at radius 2 is 1.26 bits per heavy atom. The van der Waals surface area contributed by atoms with Gasteiger partial charge >= 0.3 is 11.9 Å². The second-order valence-corrected chi connectivity index (χ2v) is 7.81. The Morgan fingerprint density at radius 3 is 1.74 bits per heavy atom. The van der Waals surface area contributed by atoms with Crippen molar-refractivity contribution in [2.75, 3.05) is 6.61 Å². The van der Waals surface area contributed by atoms with Gasteiger partial charge in [0.05, 0.1) is 0 Å². The van der Waals surface area contributed by atoms with Crippen LogP contribution in [0.25, 0.3) is 0 Å². The summed E-state index contributed by atoms with van der Waals surface area (Å²) in [5.74, 6) is -1.80. The summed E-state index contributed by atoms with van der Waals surface area (Å²) in [6, 6.07) is 15.7. The molecule has 0 aliphatic carbocycles. The number of esters is 2. The molecule has 10 heteroatoms. The fourth-order valence-corrected chi connectivity index (χ4v) is 3.10. The fourth-order valence-electron chi connectivity index (χ4n) is 3.10. The molecular weight excluding hydrogens is 444 g/mol. The second kappa shape index (κ2) is 13.5. The average Bonchev–Trinajstić information content (AvgIpc) is 2.85. The molecule has 0 aliphatic heterocycles. The Kier molecular flexibility index (Phi) is 10.8. The van der Waals surface area contributed by atoms with Gasteiger partial charge in [0, 0.05) is 0 Å². The van der Waals surface area contributed by atoms with Crippen LogP contribution in [0.1, 0.15) is 11.1 Å². The van der Waals surface area contributed by atoms with Gasteiger partial charge in [0.1, 0.15) is 37.0 Å². The van der Waals surface area contributed by atoms with Crippen molar-refractivity contribution in [3.63, 3.8) is 0 Å². The van der Waals surface area contributed by atoms with Crippen LogP contribution in [0.4, 0.5) is 0 Å². The van der Waals surface area contributed by atoms with Crippen LogP contribution in [0.2, 0.25) is 0 Å². The summed E-state index contributed by atoms with van der Waals surface area (Å²) in [6.45, 7) is -0.702. The van der Waals surface area contributed by atoms with Crippen molar-refractivity contribution in [1.82, 2.24) is 0 Å². The maximum absolute atomic E-state index is 12.2. The normalized spacial score (nSPS) is 16.4. The van der Waals surface area contributed by atoms with Crippen LogP contribution in [0, 0.1) is 0 Å². The first-order valence-electron chi connectivity index (χ1n) is 10.7. The number of aliphatic hydroxyl groups excluding tert-OH is 3. The van der Waals surface area contributed by atoms with E-state index in [1.165, 1.54) is 0 Å². The lowest BCUT2D eigenvalue weighted by Crippen LogP contribution is -2.50. The molecule has 2 aromatic rings. The number of rotatable bonds is 13. The van der Waals surface area contributed by atoms with E-state index in [0.29, 0.717) is 0 Å². The van der Waals surface area contributed by atoms with Gasteiger partial charge in [-0.15, -0.1) is 0 Å². The van der Waals surface area contributed by atoms with Gasteiger partial charge in [-0.1, -0.05) is 60.7 Å². The monoisotopic (exact) mass is 474 g/mol. The zero-order chi connectivity index (χ0) is 25.1. The van der Waals surface area contributed by atoms with Gasteiger partial charge in [0.2, 0.25) is 0 Å². The van der Waals surface area contributed by atoms with Gasteiger partial charge < -0.3 is 36.3 Å². The molecule has 184 valence electrons. The van der Waals surface area contributed by atoms with Crippen LogP contribution in [0.5, 0.6) is 0 Å². The van der Waals surface area contributed by atoms with Crippen molar-refractivity contribution in [3.8, 4) is 0 Å². The molecule has 0 aromatic heterocycles. The molecule has 34 heavy (non-hydrogen) atoms. The number of nitrogens with two attached hydrogens (primary N) is 2. The van der Waals surface area contributed by atoms with Crippen LogP contribution in [-0.4, -0.2) is 76.7 Å². The zero-order valence-corrected chi connectivity index (χ0v) is 18.5. The summed E-state index contributed by atoms with van der Waals surface area (Å²) in [7, 11) is 0. The molecule has 0 saturated carbocycles. The van der Waals surface area contributed by atoms with Gasteiger partial charge in [0.15, 0.2) is 12.4 Å².